The van der Waals surface area contributed by atoms with Crippen molar-refractivity contribution in [2.75, 3.05) is 38.6 Å². The molecule has 0 saturated heterocycles. The standard InChI is InChI=1S/C17H27N3O3/c1-4-6-10-18-16(21)12-20(5-2)13-17(22)19-14-8-7-9-15(11-14)23-3/h7-9,11H,4-6,10,12-13H2,1-3H3,(H,18,21)(H,19,22). The van der Waals surface area contributed by atoms with Crippen LogP contribution < -0.4 is 15.4 Å². The fourth-order valence-corrected chi connectivity index (χ4v) is 2.05. The van der Waals surface area contributed by atoms with Crippen LogP contribution in [0, 0.1) is 0 Å². The molecule has 0 heterocycles. The molecule has 2 N–H and O–H groups in total. The van der Waals surface area contributed by atoms with Gasteiger partial charge in [-0.05, 0) is 25.1 Å². The highest BCUT2D eigenvalue weighted by atomic mass is 16.5. The molecule has 128 valence electrons. The van der Waals surface area contributed by atoms with Crippen molar-refractivity contribution < 1.29 is 14.3 Å². The van der Waals surface area contributed by atoms with Gasteiger partial charge in [0, 0.05) is 18.3 Å². The molecule has 1 aromatic carbocycles. The van der Waals surface area contributed by atoms with Crippen LogP contribution in [0.4, 0.5) is 5.69 Å². The molecule has 1 aromatic rings. The van der Waals surface area contributed by atoms with E-state index in [2.05, 4.69) is 17.6 Å². The fraction of sp³-hybridized carbons (Fsp3) is 0.529. The Labute approximate surface area is 138 Å². The molecule has 1 rings (SSSR count). The summed E-state index contributed by atoms with van der Waals surface area (Å²) in [5, 5.41) is 5.67. The van der Waals surface area contributed by atoms with Crippen LogP contribution in [-0.2, 0) is 9.59 Å². The van der Waals surface area contributed by atoms with E-state index in [1.54, 1.807) is 24.1 Å². The van der Waals surface area contributed by atoms with E-state index in [4.69, 9.17) is 4.74 Å². The van der Waals surface area contributed by atoms with E-state index in [0.717, 1.165) is 12.8 Å². The molecule has 6 nitrogen and oxygen atoms in total. The molecular weight excluding hydrogens is 294 g/mol. The van der Waals surface area contributed by atoms with Crippen LogP contribution in [0.15, 0.2) is 24.3 Å². The van der Waals surface area contributed by atoms with Crippen LogP contribution in [-0.4, -0.2) is 50.0 Å². The average Bonchev–Trinajstić information content (AvgIpc) is 2.54. The predicted molar refractivity (Wildman–Crippen MR) is 91.7 cm³/mol. The van der Waals surface area contributed by atoms with Gasteiger partial charge in [-0.3, -0.25) is 14.5 Å². The van der Waals surface area contributed by atoms with Crippen molar-refractivity contribution in [1.82, 2.24) is 10.2 Å². The number of nitrogens with one attached hydrogen (secondary N) is 2. The van der Waals surface area contributed by atoms with E-state index in [1.807, 2.05) is 19.1 Å². The number of rotatable bonds is 10. The molecule has 0 saturated carbocycles. The van der Waals surface area contributed by atoms with Crippen molar-refractivity contribution in [3.63, 3.8) is 0 Å². The van der Waals surface area contributed by atoms with Crippen LogP contribution in [0.5, 0.6) is 5.75 Å². The van der Waals surface area contributed by atoms with Gasteiger partial charge in [-0.1, -0.05) is 26.3 Å². The number of methoxy groups -OCH3 is 1. The van der Waals surface area contributed by atoms with Crippen molar-refractivity contribution in [3.8, 4) is 5.75 Å². The Morgan fingerprint density at radius 2 is 1.91 bits per heavy atom. The third-order valence-corrected chi connectivity index (χ3v) is 3.39. The zero-order valence-electron chi connectivity index (χ0n) is 14.2. The zero-order valence-corrected chi connectivity index (χ0v) is 14.2. The van der Waals surface area contributed by atoms with E-state index in [-0.39, 0.29) is 24.9 Å². The number of unbranched alkanes of at least 4 members (excludes halogenated alkanes) is 1. The fourth-order valence-electron chi connectivity index (χ4n) is 2.05. The number of ether oxygens (including phenoxy) is 1. The van der Waals surface area contributed by atoms with E-state index in [1.165, 1.54) is 0 Å². The monoisotopic (exact) mass is 321 g/mol. The number of hydrogen-bond donors (Lipinski definition) is 2. The number of carbonyl (C=O) groups excluding carboxylic acids is 2. The molecule has 0 aliphatic carbocycles. The summed E-state index contributed by atoms with van der Waals surface area (Å²) in [5.41, 5.74) is 0.679. The van der Waals surface area contributed by atoms with Gasteiger partial charge >= 0.3 is 0 Å². The van der Waals surface area contributed by atoms with Gasteiger partial charge < -0.3 is 15.4 Å². The van der Waals surface area contributed by atoms with Crippen molar-refractivity contribution in [3.05, 3.63) is 24.3 Å². The zero-order chi connectivity index (χ0) is 17.1. The second-order valence-electron chi connectivity index (χ2n) is 5.29. The van der Waals surface area contributed by atoms with Crippen molar-refractivity contribution >= 4 is 17.5 Å². The number of carbonyl (C=O) groups is 2. The number of hydrogen-bond acceptors (Lipinski definition) is 4. The first-order valence-corrected chi connectivity index (χ1v) is 8.02. The van der Waals surface area contributed by atoms with Crippen LogP contribution >= 0.6 is 0 Å². The van der Waals surface area contributed by atoms with Crippen molar-refractivity contribution in [2.45, 2.75) is 26.7 Å². The first-order chi connectivity index (χ1) is 11.1. The Morgan fingerprint density at radius 1 is 1.17 bits per heavy atom. The number of amides is 2. The lowest BCUT2D eigenvalue weighted by atomic mass is 10.3. The number of benzene rings is 1. The molecule has 0 spiro atoms. The molecule has 0 radical (unpaired) electrons. The minimum absolute atomic E-state index is 0.0468. The van der Waals surface area contributed by atoms with Gasteiger partial charge in [0.25, 0.3) is 0 Å². The quantitative estimate of drug-likeness (QED) is 0.646. The summed E-state index contributed by atoms with van der Waals surface area (Å²) in [5.74, 6) is 0.487. The minimum Gasteiger partial charge on any atom is -0.497 e. The molecule has 0 aliphatic rings. The van der Waals surface area contributed by atoms with Crippen molar-refractivity contribution in [2.24, 2.45) is 0 Å². The SMILES string of the molecule is CCCCNC(=O)CN(CC)CC(=O)Nc1cccc(OC)c1. The second kappa shape index (κ2) is 10.6. The van der Waals surface area contributed by atoms with E-state index >= 15 is 0 Å². The molecule has 0 aliphatic heterocycles. The van der Waals surface area contributed by atoms with Gasteiger partial charge in [0.05, 0.1) is 20.2 Å². The Hall–Kier alpha value is -2.08. The third kappa shape index (κ3) is 7.65. The summed E-state index contributed by atoms with van der Waals surface area (Å²) in [6, 6.07) is 7.18. The van der Waals surface area contributed by atoms with Crippen LogP contribution in [0.2, 0.25) is 0 Å². The van der Waals surface area contributed by atoms with Crippen molar-refractivity contribution in [1.29, 1.82) is 0 Å². The van der Waals surface area contributed by atoms with Gasteiger partial charge in [0.1, 0.15) is 5.75 Å². The summed E-state index contributed by atoms with van der Waals surface area (Å²) in [7, 11) is 1.58. The van der Waals surface area contributed by atoms with Gasteiger partial charge in [0.2, 0.25) is 11.8 Å². The largest absolute Gasteiger partial charge is 0.497 e. The second-order valence-corrected chi connectivity index (χ2v) is 5.29. The molecule has 0 bridgehead atoms. The molecule has 0 unspecified atom stereocenters. The summed E-state index contributed by atoms with van der Waals surface area (Å²) >= 11 is 0. The average molecular weight is 321 g/mol. The molecule has 6 heteroatoms. The first-order valence-electron chi connectivity index (χ1n) is 8.02. The van der Waals surface area contributed by atoms with Crippen LogP contribution in [0.3, 0.4) is 0 Å². The summed E-state index contributed by atoms with van der Waals surface area (Å²) in [6.45, 7) is 5.72. The Morgan fingerprint density at radius 3 is 2.57 bits per heavy atom. The summed E-state index contributed by atoms with van der Waals surface area (Å²) in [6.07, 6.45) is 2.01. The molecule has 0 aromatic heterocycles. The maximum Gasteiger partial charge on any atom is 0.238 e. The molecular formula is C17H27N3O3. The third-order valence-electron chi connectivity index (χ3n) is 3.39. The molecule has 23 heavy (non-hydrogen) atoms. The van der Waals surface area contributed by atoms with E-state index < -0.39 is 0 Å². The van der Waals surface area contributed by atoms with Gasteiger partial charge in [0.15, 0.2) is 0 Å². The van der Waals surface area contributed by atoms with Gasteiger partial charge in [-0.2, -0.15) is 0 Å². The van der Waals surface area contributed by atoms with E-state index in [0.29, 0.717) is 24.5 Å². The molecule has 2 amide bonds. The topological polar surface area (TPSA) is 70.7 Å². The highest BCUT2D eigenvalue weighted by Gasteiger charge is 2.13. The highest BCUT2D eigenvalue weighted by molar-refractivity contribution is 5.92. The number of likely N-dealkylation sites (N-methyl/N-ethyl adjacent to an activating group) is 1. The van der Waals surface area contributed by atoms with Crippen LogP contribution in [0.25, 0.3) is 0 Å². The van der Waals surface area contributed by atoms with E-state index in [9.17, 15) is 9.59 Å². The van der Waals surface area contributed by atoms with Crippen LogP contribution in [0.1, 0.15) is 26.7 Å². The molecule has 0 atom stereocenters. The minimum atomic E-state index is -0.151. The first kappa shape index (κ1) is 19.0. The Balaban J connectivity index is 2.44. The molecule has 0 fully saturated rings. The van der Waals surface area contributed by atoms with Gasteiger partial charge in [-0.15, -0.1) is 0 Å². The normalized spacial score (nSPS) is 10.4. The summed E-state index contributed by atoms with van der Waals surface area (Å²) < 4.78 is 5.12. The Kier molecular flexibility index (Phi) is 8.75. The lowest BCUT2D eigenvalue weighted by molar-refractivity contribution is -0.123. The maximum absolute atomic E-state index is 12.1. The highest BCUT2D eigenvalue weighted by Crippen LogP contribution is 2.16. The summed E-state index contributed by atoms with van der Waals surface area (Å²) in [4.78, 5) is 25.7. The maximum atomic E-state index is 12.1. The lowest BCUT2D eigenvalue weighted by Crippen LogP contribution is -2.41. The Bertz CT molecular complexity index is 506. The predicted octanol–water partition coefficient (Wildman–Crippen LogP) is 1.87. The van der Waals surface area contributed by atoms with Gasteiger partial charge in [-0.25, -0.2) is 0 Å². The lowest BCUT2D eigenvalue weighted by Gasteiger charge is -2.19. The smallest absolute Gasteiger partial charge is 0.238 e. The number of anilines is 1. The number of nitrogens with zero attached hydrogens (tertiary/aromatic N) is 1.